The van der Waals surface area contributed by atoms with Crippen molar-refractivity contribution in [1.82, 2.24) is 0 Å². The van der Waals surface area contributed by atoms with Crippen LogP contribution in [0.3, 0.4) is 0 Å². The monoisotopic (exact) mass is 350 g/mol. The van der Waals surface area contributed by atoms with Crippen LogP contribution in [0.15, 0.2) is 71.6 Å². The first-order valence-electron chi connectivity index (χ1n) is 7.89. The SMILES string of the molecule is CC(=O)Nc1ccc(NC(=O)CSc2ccc3ccccc3c2)cc1. The molecule has 0 bridgehead atoms. The molecule has 0 spiro atoms. The van der Waals surface area contributed by atoms with Gasteiger partial charge in [-0.25, -0.2) is 0 Å². The average Bonchev–Trinajstić information content (AvgIpc) is 2.61. The topological polar surface area (TPSA) is 58.2 Å². The summed E-state index contributed by atoms with van der Waals surface area (Å²) in [6.45, 7) is 1.46. The Kier molecular flexibility index (Phi) is 5.36. The third kappa shape index (κ3) is 4.84. The minimum absolute atomic E-state index is 0.0644. The highest BCUT2D eigenvalue weighted by atomic mass is 32.2. The number of nitrogens with one attached hydrogen (secondary N) is 2. The third-order valence-electron chi connectivity index (χ3n) is 3.58. The van der Waals surface area contributed by atoms with Crippen LogP contribution in [0.1, 0.15) is 6.92 Å². The molecule has 0 fully saturated rings. The van der Waals surface area contributed by atoms with Crippen LogP contribution in [0.5, 0.6) is 0 Å². The molecule has 0 radical (unpaired) electrons. The fraction of sp³-hybridized carbons (Fsp3) is 0.100. The molecule has 3 rings (SSSR count). The van der Waals surface area contributed by atoms with Crippen molar-refractivity contribution in [3.8, 4) is 0 Å². The molecule has 0 aromatic heterocycles. The van der Waals surface area contributed by atoms with Crippen molar-refractivity contribution in [2.75, 3.05) is 16.4 Å². The maximum Gasteiger partial charge on any atom is 0.234 e. The standard InChI is InChI=1S/C20H18N2O2S/c1-14(23)21-17-7-9-18(10-8-17)22-20(24)13-25-19-11-6-15-4-2-3-5-16(15)12-19/h2-12H,13H2,1H3,(H,21,23)(H,22,24). The van der Waals surface area contributed by atoms with E-state index < -0.39 is 0 Å². The van der Waals surface area contributed by atoms with Crippen LogP contribution in [0.2, 0.25) is 0 Å². The van der Waals surface area contributed by atoms with Gasteiger partial charge in [-0.3, -0.25) is 9.59 Å². The van der Waals surface area contributed by atoms with Crippen molar-refractivity contribution in [2.24, 2.45) is 0 Å². The first-order chi connectivity index (χ1) is 12.1. The second-order valence-electron chi connectivity index (χ2n) is 5.60. The second kappa shape index (κ2) is 7.85. The molecule has 5 heteroatoms. The normalized spacial score (nSPS) is 10.4. The van der Waals surface area contributed by atoms with Crippen molar-refractivity contribution in [1.29, 1.82) is 0 Å². The van der Waals surface area contributed by atoms with Crippen LogP contribution < -0.4 is 10.6 Å². The summed E-state index contributed by atoms with van der Waals surface area (Å²) in [6.07, 6.45) is 0. The summed E-state index contributed by atoms with van der Waals surface area (Å²) in [5.74, 6) is 0.153. The van der Waals surface area contributed by atoms with E-state index in [1.54, 1.807) is 24.3 Å². The van der Waals surface area contributed by atoms with Gasteiger partial charge in [-0.15, -0.1) is 11.8 Å². The maximum absolute atomic E-state index is 12.1. The van der Waals surface area contributed by atoms with Crippen LogP contribution in [0.4, 0.5) is 11.4 Å². The summed E-state index contributed by atoms with van der Waals surface area (Å²) in [7, 11) is 0. The van der Waals surface area contributed by atoms with Gasteiger partial charge in [0.25, 0.3) is 0 Å². The Morgan fingerprint density at radius 2 is 1.48 bits per heavy atom. The van der Waals surface area contributed by atoms with E-state index in [2.05, 4.69) is 34.9 Å². The van der Waals surface area contributed by atoms with E-state index in [0.29, 0.717) is 17.1 Å². The molecule has 25 heavy (non-hydrogen) atoms. The first kappa shape index (κ1) is 17.0. The van der Waals surface area contributed by atoms with Crippen LogP contribution >= 0.6 is 11.8 Å². The molecular weight excluding hydrogens is 332 g/mol. The van der Waals surface area contributed by atoms with Crippen LogP contribution in [0, 0.1) is 0 Å². The van der Waals surface area contributed by atoms with Gasteiger partial charge in [0, 0.05) is 23.2 Å². The Hall–Kier alpha value is -2.79. The Bertz CT molecular complexity index is 907. The Morgan fingerprint density at radius 3 is 2.16 bits per heavy atom. The fourth-order valence-corrected chi connectivity index (χ4v) is 3.19. The number of carbonyl (C=O) groups is 2. The number of benzene rings is 3. The van der Waals surface area contributed by atoms with Crippen molar-refractivity contribution >= 4 is 45.7 Å². The summed E-state index contributed by atoms with van der Waals surface area (Å²) in [6, 6.07) is 21.4. The van der Waals surface area contributed by atoms with Crippen molar-refractivity contribution < 1.29 is 9.59 Å². The zero-order chi connectivity index (χ0) is 17.6. The lowest BCUT2D eigenvalue weighted by Gasteiger charge is -2.07. The predicted octanol–water partition coefficient (Wildman–Crippen LogP) is 4.53. The third-order valence-corrected chi connectivity index (χ3v) is 4.57. The van der Waals surface area contributed by atoms with E-state index in [0.717, 1.165) is 4.90 Å². The summed E-state index contributed by atoms with van der Waals surface area (Å²) < 4.78 is 0. The molecule has 126 valence electrons. The van der Waals surface area contributed by atoms with Gasteiger partial charge in [-0.1, -0.05) is 30.3 Å². The van der Waals surface area contributed by atoms with Crippen molar-refractivity contribution in [2.45, 2.75) is 11.8 Å². The molecule has 0 aliphatic heterocycles. The zero-order valence-corrected chi connectivity index (χ0v) is 14.6. The molecule has 0 saturated carbocycles. The van der Waals surface area contributed by atoms with Crippen LogP contribution in [-0.4, -0.2) is 17.6 Å². The van der Waals surface area contributed by atoms with E-state index in [-0.39, 0.29) is 11.8 Å². The minimum Gasteiger partial charge on any atom is -0.326 e. The molecular formula is C20H18N2O2S. The zero-order valence-electron chi connectivity index (χ0n) is 13.8. The van der Waals surface area contributed by atoms with Crippen LogP contribution in [-0.2, 0) is 9.59 Å². The highest BCUT2D eigenvalue weighted by molar-refractivity contribution is 8.00. The lowest BCUT2D eigenvalue weighted by Crippen LogP contribution is -2.14. The molecule has 2 amide bonds. The molecule has 0 aliphatic carbocycles. The fourth-order valence-electron chi connectivity index (χ4n) is 2.44. The van der Waals surface area contributed by atoms with Gasteiger partial charge in [0.05, 0.1) is 5.75 Å². The Labute approximate surface area is 150 Å². The molecule has 0 atom stereocenters. The number of rotatable bonds is 5. The quantitative estimate of drug-likeness (QED) is 0.665. The van der Waals surface area contributed by atoms with Crippen molar-refractivity contribution in [3.63, 3.8) is 0 Å². The first-order valence-corrected chi connectivity index (χ1v) is 8.88. The molecule has 0 unspecified atom stereocenters. The highest BCUT2D eigenvalue weighted by Crippen LogP contribution is 2.24. The van der Waals surface area contributed by atoms with E-state index in [9.17, 15) is 9.59 Å². The summed E-state index contributed by atoms with van der Waals surface area (Å²) in [5, 5.41) is 7.91. The molecule has 0 aliphatic rings. The number of amides is 2. The largest absolute Gasteiger partial charge is 0.326 e. The van der Waals surface area contributed by atoms with Gasteiger partial charge in [0.15, 0.2) is 0 Å². The lowest BCUT2D eigenvalue weighted by molar-refractivity contribution is -0.114. The van der Waals surface area contributed by atoms with Gasteiger partial charge in [0.2, 0.25) is 11.8 Å². The smallest absolute Gasteiger partial charge is 0.234 e. The Balaban J connectivity index is 1.55. The second-order valence-corrected chi connectivity index (χ2v) is 6.65. The number of hydrogen-bond acceptors (Lipinski definition) is 3. The average molecular weight is 350 g/mol. The number of thioether (sulfide) groups is 1. The number of anilines is 2. The molecule has 0 saturated heterocycles. The van der Waals surface area contributed by atoms with Gasteiger partial charge >= 0.3 is 0 Å². The molecule has 3 aromatic carbocycles. The number of hydrogen-bond donors (Lipinski definition) is 2. The summed E-state index contributed by atoms with van der Waals surface area (Å²) in [4.78, 5) is 24.2. The molecule has 4 nitrogen and oxygen atoms in total. The van der Waals surface area contributed by atoms with E-state index >= 15 is 0 Å². The minimum atomic E-state index is -0.122. The van der Waals surface area contributed by atoms with E-state index in [1.165, 1.54) is 29.5 Å². The molecule has 0 heterocycles. The van der Waals surface area contributed by atoms with Gasteiger partial charge in [-0.05, 0) is 47.2 Å². The predicted molar refractivity (Wildman–Crippen MR) is 104 cm³/mol. The van der Waals surface area contributed by atoms with Crippen molar-refractivity contribution in [3.05, 3.63) is 66.7 Å². The number of fused-ring (bicyclic) bond motifs is 1. The maximum atomic E-state index is 12.1. The van der Waals surface area contributed by atoms with Crippen LogP contribution in [0.25, 0.3) is 10.8 Å². The molecule has 2 N–H and O–H groups in total. The van der Waals surface area contributed by atoms with Gasteiger partial charge < -0.3 is 10.6 Å². The summed E-state index contributed by atoms with van der Waals surface area (Å²) in [5.41, 5.74) is 1.41. The van der Waals surface area contributed by atoms with E-state index in [4.69, 9.17) is 0 Å². The van der Waals surface area contributed by atoms with Gasteiger partial charge in [-0.2, -0.15) is 0 Å². The highest BCUT2D eigenvalue weighted by Gasteiger charge is 2.05. The van der Waals surface area contributed by atoms with E-state index in [1.807, 2.05) is 18.2 Å². The molecule has 3 aromatic rings. The Morgan fingerprint density at radius 1 is 0.840 bits per heavy atom. The van der Waals surface area contributed by atoms with Gasteiger partial charge in [0.1, 0.15) is 0 Å². The summed E-state index contributed by atoms with van der Waals surface area (Å²) >= 11 is 1.51. The lowest BCUT2D eigenvalue weighted by atomic mass is 10.1. The number of carbonyl (C=O) groups excluding carboxylic acids is 2.